The molecular weight excluding hydrogens is 383 g/mol. The number of aromatic nitrogens is 1. The van der Waals surface area contributed by atoms with E-state index in [1.54, 1.807) is 24.3 Å². The number of Topliss-reactive ketones (excluding diaryl/α,β-unsaturated/α-hetero) is 1. The minimum atomic E-state index is -0.761. The van der Waals surface area contributed by atoms with Crippen molar-refractivity contribution in [1.29, 1.82) is 0 Å². The average molecular weight is 401 g/mol. The molecule has 0 bridgehead atoms. The average Bonchev–Trinajstić information content (AvgIpc) is 2.93. The van der Waals surface area contributed by atoms with E-state index < -0.39 is 11.7 Å². The number of hydrogen-bond donors (Lipinski definition) is 1. The molecule has 0 spiro atoms. The molecule has 4 nitrogen and oxygen atoms in total. The van der Waals surface area contributed by atoms with Gasteiger partial charge in [-0.05, 0) is 51.1 Å². The van der Waals surface area contributed by atoms with Gasteiger partial charge < -0.3 is 9.88 Å². The third-order valence-electron chi connectivity index (χ3n) is 4.37. The number of nitrogens with one attached hydrogen (secondary N) is 1. The number of carbonyl (C=O) groups excluding carboxylic acids is 2. The highest BCUT2D eigenvalue weighted by Crippen LogP contribution is 2.30. The normalized spacial score (nSPS) is 10.7. The van der Waals surface area contributed by atoms with Gasteiger partial charge in [-0.15, -0.1) is 0 Å². The molecule has 0 saturated carbocycles. The molecule has 0 aliphatic carbocycles. The zero-order valence-corrected chi connectivity index (χ0v) is 16.7. The lowest BCUT2D eigenvalue weighted by Gasteiger charge is -2.10. The fraction of sp³-hybridized carbons (Fsp3) is 0.143. The van der Waals surface area contributed by atoms with Gasteiger partial charge in [-0.2, -0.15) is 0 Å². The predicted octanol–water partition coefficient (Wildman–Crippen LogP) is 5.53. The fourth-order valence-electron chi connectivity index (χ4n) is 2.99. The van der Waals surface area contributed by atoms with Crippen molar-refractivity contribution < 1.29 is 9.59 Å². The second kappa shape index (κ2) is 7.59. The highest BCUT2D eigenvalue weighted by Gasteiger charge is 2.23. The maximum atomic E-state index is 12.7. The molecule has 0 aliphatic heterocycles. The van der Waals surface area contributed by atoms with Gasteiger partial charge in [0.15, 0.2) is 0 Å². The number of nitrogens with zero attached hydrogens (tertiary/aromatic N) is 1. The number of carbonyl (C=O) groups is 2. The van der Waals surface area contributed by atoms with Crippen LogP contribution in [0.2, 0.25) is 10.0 Å². The number of amides is 1. The molecule has 0 saturated heterocycles. The number of aryl methyl sites for hydroxylation is 2. The number of halogens is 2. The predicted molar refractivity (Wildman–Crippen MR) is 109 cm³/mol. The van der Waals surface area contributed by atoms with Gasteiger partial charge in [0.2, 0.25) is 0 Å². The molecule has 1 N–H and O–H groups in total. The standard InChI is InChI=1S/C21H18Cl2N2O2/c1-12-7-9-15(10-8-12)25-13(2)11-16(14(25)3)20(26)21(27)24-18-6-4-5-17(22)19(18)23/h4-11H,1-3H3,(H,24,27). The maximum Gasteiger partial charge on any atom is 0.296 e. The second-order valence-electron chi connectivity index (χ2n) is 6.34. The van der Waals surface area contributed by atoms with Crippen molar-refractivity contribution in [1.82, 2.24) is 4.57 Å². The quantitative estimate of drug-likeness (QED) is 0.462. The second-order valence-corrected chi connectivity index (χ2v) is 7.13. The number of benzene rings is 2. The first-order chi connectivity index (χ1) is 12.8. The Morgan fingerprint density at radius 2 is 1.63 bits per heavy atom. The fourth-order valence-corrected chi connectivity index (χ4v) is 3.33. The summed E-state index contributed by atoms with van der Waals surface area (Å²) in [7, 11) is 0. The summed E-state index contributed by atoms with van der Waals surface area (Å²) < 4.78 is 1.95. The lowest BCUT2D eigenvalue weighted by molar-refractivity contribution is -0.112. The van der Waals surface area contributed by atoms with Crippen molar-refractivity contribution in [2.24, 2.45) is 0 Å². The van der Waals surface area contributed by atoms with Gasteiger partial charge in [-0.25, -0.2) is 0 Å². The monoisotopic (exact) mass is 400 g/mol. The summed E-state index contributed by atoms with van der Waals surface area (Å²) in [6.45, 7) is 5.73. The Kier molecular flexibility index (Phi) is 5.40. The first kappa shape index (κ1) is 19.2. The Bertz CT molecular complexity index is 1040. The largest absolute Gasteiger partial charge is 0.318 e. The Morgan fingerprint density at radius 1 is 0.963 bits per heavy atom. The molecular formula is C21H18Cl2N2O2. The van der Waals surface area contributed by atoms with E-state index in [4.69, 9.17) is 23.2 Å². The van der Waals surface area contributed by atoms with Crippen LogP contribution in [0.5, 0.6) is 0 Å². The minimum absolute atomic E-state index is 0.199. The van der Waals surface area contributed by atoms with Crippen molar-refractivity contribution in [3.8, 4) is 5.69 Å². The molecule has 6 heteroatoms. The molecule has 2 aromatic carbocycles. The Hall–Kier alpha value is -2.56. The highest BCUT2D eigenvalue weighted by atomic mass is 35.5. The van der Waals surface area contributed by atoms with Crippen LogP contribution in [0, 0.1) is 20.8 Å². The number of anilines is 1. The first-order valence-electron chi connectivity index (χ1n) is 8.35. The summed E-state index contributed by atoms with van der Waals surface area (Å²) in [5.41, 5.74) is 4.31. The van der Waals surface area contributed by atoms with E-state index in [0.29, 0.717) is 22.0 Å². The van der Waals surface area contributed by atoms with Gasteiger partial charge in [-0.1, -0.05) is 47.0 Å². The van der Waals surface area contributed by atoms with E-state index in [1.807, 2.05) is 49.6 Å². The van der Waals surface area contributed by atoms with Gasteiger partial charge in [0.1, 0.15) is 0 Å². The number of rotatable bonds is 4. The Morgan fingerprint density at radius 3 is 2.30 bits per heavy atom. The van der Waals surface area contributed by atoms with Crippen LogP contribution in [0.25, 0.3) is 5.69 Å². The zero-order chi connectivity index (χ0) is 19.7. The van der Waals surface area contributed by atoms with E-state index in [1.165, 1.54) is 0 Å². The molecule has 0 fully saturated rings. The third kappa shape index (κ3) is 3.77. The van der Waals surface area contributed by atoms with Crippen LogP contribution in [0.3, 0.4) is 0 Å². The van der Waals surface area contributed by atoms with E-state index >= 15 is 0 Å². The van der Waals surface area contributed by atoms with Crippen molar-refractivity contribution in [2.75, 3.05) is 5.32 Å². The molecule has 0 unspecified atom stereocenters. The van der Waals surface area contributed by atoms with Gasteiger partial charge in [0.05, 0.1) is 15.7 Å². The van der Waals surface area contributed by atoms with Gasteiger partial charge in [0.25, 0.3) is 11.7 Å². The SMILES string of the molecule is Cc1ccc(-n2c(C)cc(C(=O)C(=O)Nc3cccc(Cl)c3Cl)c2C)cc1. The molecule has 3 aromatic rings. The van der Waals surface area contributed by atoms with Crippen LogP contribution in [-0.2, 0) is 4.79 Å². The van der Waals surface area contributed by atoms with Crippen LogP contribution < -0.4 is 5.32 Å². The molecule has 1 amide bonds. The lowest BCUT2D eigenvalue weighted by atomic mass is 10.1. The van der Waals surface area contributed by atoms with Gasteiger partial charge in [0, 0.05) is 22.6 Å². The number of ketones is 1. The summed E-state index contributed by atoms with van der Waals surface area (Å²) >= 11 is 12.0. The Labute approximate surface area is 167 Å². The van der Waals surface area contributed by atoms with E-state index in [0.717, 1.165) is 16.9 Å². The van der Waals surface area contributed by atoms with Gasteiger partial charge >= 0.3 is 0 Å². The minimum Gasteiger partial charge on any atom is -0.318 e. The molecule has 138 valence electrons. The van der Waals surface area contributed by atoms with E-state index in [2.05, 4.69) is 5.32 Å². The first-order valence-corrected chi connectivity index (χ1v) is 9.11. The van der Waals surface area contributed by atoms with Crippen LogP contribution in [-0.4, -0.2) is 16.3 Å². The van der Waals surface area contributed by atoms with Crippen LogP contribution in [0.4, 0.5) is 5.69 Å². The van der Waals surface area contributed by atoms with E-state index in [-0.39, 0.29) is 5.02 Å². The van der Waals surface area contributed by atoms with Gasteiger partial charge in [-0.3, -0.25) is 9.59 Å². The van der Waals surface area contributed by atoms with Crippen molar-refractivity contribution in [2.45, 2.75) is 20.8 Å². The topological polar surface area (TPSA) is 51.1 Å². The summed E-state index contributed by atoms with van der Waals surface area (Å²) in [6.07, 6.45) is 0. The van der Waals surface area contributed by atoms with Crippen LogP contribution in [0.15, 0.2) is 48.5 Å². The molecule has 0 radical (unpaired) electrons. The zero-order valence-electron chi connectivity index (χ0n) is 15.1. The summed E-state index contributed by atoms with van der Waals surface area (Å²) in [6, 6.07) is 14.5. The van der Waals surface area contributed by atoms with Crippen molar-refractivity contribution in [3.63, 3.8) is 0 Å². The third-order valence-corrected chi connectivity index (χ3v) is 5.19. The highest BCUT2D eigenvalue weighted by molar-refractivity contribution is 6.49. The van der Waals surface area contributed by atoms with Crippen molar-refractivity contribution >= 4 is 40.6 Å². The Balaban J connectivity index is 1.91. The maximum absolute atomic E-state index is 12.7. The molecule has 27 heavy (non-hydrogen) atoms. The van der Waals surface area contributed by atoms with Crippen LogP contribution in [0.1, 0.15) is 27.3 Å². The smallest absolute Gasteiger partial charge is 0.296 e. The summed E-state index contributed by atoms with van der Waals surface area (Å²) in [4.78, 5) is 25.2. The summed E-state index contributed by atoms with van der Waals surface area (Å²) in [5, 5.41) is 3.04. The molecule has 1 aromatic heterocycles. The lowest BCUT2D eigenvalue weighted by Crippen LogP contribution is -2.23. The molecule has 1 heterocycles. The van der Waals surface area contributed by atoms with Crippen LogP contribution >= 0.6 is 23.2 Å². The summed E-state index contributed by atoms with van der Waals surface area (Å²) in [5.74, 6) is -1.39. The number of hydrogen-bond acceptors (Lipinski definition) is 2. The van der Waals surface area contributed by atoms with Crippen molar-refractivity contribution in [3.05, 3.63) is 81.1 Å². The molecule has 0 aliphatic rings. The molecule has 0 atom stereocenters. The molecule has 3 rings (SSSR count). The van der Waals surface area contributed by atoms with E-state index in [9.17, 15) is 9.59 Å².